The number of nitrogens with one attached hydrogen (secondary N) is 2. The number of piperidine rings is 1. The Labute approximate surface area is 133 Å². The van der Waals surface area contributed by atoms with Crippen molar-refractivity contribution in [2.45, 2.75) is 37.1 Å². The summed E-state index contributed by atoms with van der Waals surface area (Å²) in [4.78, 5) is 25.8. The van der Waals surface area contributed by atoms with Crippen LogP contribution in [0.15, 0.2) is 29.2 Å². The fraction of sp³-hybridized carbons (Fsp3) is 0.467. The molecule has 0 unspecified atom stereocenters. The highest BCUT2D eigenvalue weighted by atomic mass is 32.2. The molecule has 5 nitrogen and oxygen atoms in total. The monoisotopic (exact) mass is 325 g/mol. The molecule has 0 aliphatic carbocycles. The Morgan fingerprint density at radius 3 is 2.45 bits per heavy atom. The highest BCUT2D eigenvalue weighted by Crippen LogP contribution is 2.20. The maximum atomic E-state index is 12.3. The smallest absolute Gasteiger partial charge is 0.319 e. The summed E-state index contributed by atoms with van der Waals surface area (Å²) in [5.74, 6) is 0.161. The van der Waals surface area contributed by atoms with Crippen LogP contribution in [0.1, 0.15) is 26.2 Å². The second-order valence-electron chi connectivity index (χ2n) is 5.21. The van der Waals surface area contributed by atoms with Crippen LogP contribution >= 0.6 is 12.1 Å². The minimum atomic E-state index is -0.277. The Balaban J connectivity index is 1.77. The predicted octanol–water partition coefficient (Wildman–Crippen LogP) is 3.19. The number of anilines is 1. The summed E-state index contributed by atoms with van der Waals surface area (Å²) < 4.78 is 12.3. The Hall–Kier alpha value is -1.76. The molecule has 1 heterocycles. The number of hydrogen-bond donors (Lipinski definition) is 2. The number of amides is 3. The third kappa shape index (κ3) is 4.62. The van der Waals surface area contributed by atoms with Crippen LogP contribution in [0.3, 0.4) is 0 Å². The molecule has 1 aliphatic heterocycles. The van der Waals surface area contributed by atoms with Crippen molar-refractivity contribution in [3.8, 4) is 0 Å². The molecular weight excluding hydrogens is 305 g/mol. The first kappa shape index (κ1) is 16.6. The van der Waals surface area contributed by atoms with Crippen LogP contribution in [0.4, 0.5) is 14.4 Å². The first-order valence-electron chi connectivity index (χ1n) is 7.36. The molecule has 0 bridgehead atoms. The molecule has 0 atom stereocenters. The summed E-state index contributed by atoms with van der Waals surface area (Å²) in [5.41, 5.74) is 0.619. The molecule has 0 spiro atoms. The predicted molar refractivity (Wildman–Crippen MR) is 85.5 cm³/mol. The Morgan fingerprint density at radius 1 is 1.27 bits per heavy atom. The average molecular weight is 325 g/mol. The molecule has 0 aromatic heterocycles. The van der Waals surface area contributed by atoms with E-state index >= 15 is 0 Å². The van der Waals surface area contributed by atoms with Gasteiger partial charge in [-0.3, -0.25) is 4.79 Å². The normalized spacial score (nSPS) is 15.5. The number of likely N-dealkylation sites (tertiary alicyclic amines) is 1. The lowest BCUT2D eigenvalue weighted by Crippen LogP contribution is -2.47. The molecule has 0 radical (unpaired) electrons. The van der Waals surface area contributed by atoms with Crippen molar-refractivity contribution in [2.24, 2.45) is 0 Å². The quantitative estimate of drug-likeness (QED) is 0.894. The summed E-state index contributed by atoms with van der Waals surface area (Å²) >= 11 is 0.169. The van der Waals surface area contributed by atoms with Gasteiger partial charge in [0, 0.05) is 36.1 Å². The summed E-state index contributed by atoms with van der Waals surface area (Å²) in [6, 6.07) is 6.32. The van der Waals surface area contributed by atoms with Crippen molar-refractivity contribution in [3.05, 3.63) is 24.3 Å². The molecule has 7 heteroatoms. The van der Waals surface area contributed by atoms with Crippen molar-refractivity contribution in [1.82, 2.24) is 10.2 Å². The van der Waals surface area contributed by atoms with E-state index in [1.54, 1.807) is 24.3 Å². The van der Waals surface area contributed by atoms with Gasteiger partial charge in [0.2, 0.25) is 5.91 Å². The maximum Gasteiger partial charge on any atom is 0.319 e. The lowest BCUT2D eigenvalue weighted by molar-refractivity contribution is -0.131. The van der Waals surface area contributed by atoms with Crippen molar-refractivity contribution in [1.29, 1.82) is 0 Å². The van der Waals surface area contributed by atoms with Gasteiger partial charge < -0.3 is 15.5 Å². The van der Waals surface area contributed by atoms with Crippen molar-refractivity contribution in [3.63, 3.8) is 0 Å². The zero-order valence-electron chi connectivity index (χ0n) is 12.5. The first-order valence-corrected chi connectivity index (χ1v) is 8.08. The molecule has 3 amide bonds. The van der Waals surface area contributed by atoms with E-state index in [0.29, 0.717) is 30.1 Å². The average Bonchev–Trinajstić information content (AvgIpc) is 2.55. The van der Waals surface area contributed by atoms with Crippen molar-refractivity contribution >= 4 is 29.8 Å². The fourth-order valence-electron chi connectivity index (χ4n) is 2.44. The van der Waals surface area contributed by atoms with E-state index in [0.717, 1.165) is 12.8 Å². The van der Waals surface area contributed by atoms with Crippen molar-refractivity contribution in [2.75, 3.05) is 18.4 Å². The molecule has 1 aromatic rings. The van der Waals surface area contributed by atoms with Gasteiger partial charge in [-0.05, 0) is 37.1 Å². The van der Waals surface area contributed by atoms with Gasteiger partial charge in [0.25, 0.3) is 0 Å². The number of nitrogens with zero attached hydrogens (tertiary/aromatic N) is 1. The van der Waals surface area contributed by atoms with Gasteiger partial charge in [-0.25, -0.2) is 4.79 Å². The summed E-state index contributed by atoms with van der Waals surface area (Å²) in [5, 5.41) is 5.63. The highest BCUT2D eigenvalue weighted by molar-refractivity contribution is 7.94. The molecule has 1 saturated heterocycles. The Morgan fingerprint density at radius 2 is 1.91 bits per heavy atom. The molecule has 120 valence electrons. The van der Waals surface area contributed by atoms with Crippen LogP contribution in [0.25, 0.3) is 0 Å². The standard InChI is InChI=1S/C15H20FN3O2S/c1-2-14(20)19-9-7-12(8-10-19)18-15(21)17-11-3-5-13(22-16)6-4-11/h3-6,12H,2,7-10H2,1H3,(H2,17,18,21). The van der Waals surface area contributed by atoms with E-state index in [-0.39, 0.29) is 30.1 Å². The van der Waals surface area contributed by atoms with Gasteiger partial charge in [-0.2, -0.15) is 3.89 Å². The Bertz CT molecular complexity index is 516. The summed E-state index contributed by atoms with van der Waals surface area (Å²) in [6.07, 6.45) is 2.04. The molecule has 1 aromatic carbocycles. The first-order chi connectivity index (χ1) is 10.6. The number of urea groups is 1. The largest absolute Gasteiger partial charge is 0.343 e. The lowest BCUT2D eigenvalue weighted by atomic mass is 10.1. The second-order valence-corrected chi connectivity index (χ2v) is 5.83. The minimum absolute atomic E-state index is 0.0709. The number of hydrogen-bond acceptors (Lipinski definition) is 3. The van der Waals surface area contributed by atoms with Crippen LogP contribution in [0, 0.1) is 0 Å². The molecule has 2 rings (SSSR count). The second kappa shape index (κ2) is 8.03. The number of halogens is 1. The number of carbonyl (C=O) groups is 2. The van der Waals surface area contributed by atoms with E-state index in [2.05, 4.69) is 10.6 Å². The van der Waals surface area contributed by atoms with Gasteiger partial charge in [-0.15, -0.1) is 0 Å². The van der Waals surface area contributed by atoms with Crippen molar-refractivity contribution < 1.29 is 13.5 Å². The van der Waals surface area contributed by atoms with Gasteiger partial charge in [0.15, 0.2) is 0 Å². The molecule has 22 heavy (non-hydrogen) atoms. The number of benzene rings is 1. The summed E-state index contributed by atoms with van der Waals surface area (Å²) in [7, 11) is 0. The van der Waals surface area contributed by atoms with Crippen LogP contribution in [0.2, 0.25) is 0 Å². The third-order valence-corrected chi connectivity index (χ3v) is 4.14. The van der Waals surface area contributed by atoms with E-state index in [9.17, 15) is 13.5 Å². The van der Waals surface area contributed by atoms with E-state index < -0.39 is 0 Å². The van der Waals surface area contributed by atoms with E-state index in [1.165, 1.54) is 0 Å². The molecule has 2 N–H and O–H groups in total. The van der Waals surface area contributed by atoms with Crippen LogP contribution < -0.4 is 10.6 Å². The Kier molecular flexibility index (Phi) is 6.06. The molecule has 1 fully saturated rings. The maximum absolute atomic E-state index is 12.3. The van der Waals surface area contributed by atoms with Crippen LogP contribution in [-0.4, -0.2) is 36.0 Å². The van der Waals surface area contributed by atoms with Crippen LogP contribution in [-0.2, 0) is 4.79 Å². The zero-order valence-corrected chi connectivity index (χ0v) is 13.3. The fourth-order valence-corrected chi connectivity index (χ4v) is 2.68. The summed E-state index contributed by atoms with van der Waals surface area (Å²) in [6.45, 7) is 3.22. The molecule has 1 aliphatic rings. The van der Waals surface area contributed by atoms with Crippen LogP contribution in [0.5, 0.6) is 0 Å². The van der Waals surface area contributed by atoms with Gasteiger partial charge in [0.1, 0.15) is 0 Å². The highest BCUT2D eigenvalue weighted by Gasteiger charge is 2.22. The topological polar surface area (TPSA) is 61.4 Å². The third-order valence-electron chi connectivity index (χ3n) is 3.69. The van der Waals surface area contributed by atoms with Gasteiger partial charge in [0.05, 0.1) is 12.1 Å². The van der Waals surface area contributed by atoms with E-state index in [4.69, 9.17) is 0 Å². The lowest BCUT2D eigenvalue weighted by Gasteiger charge is -2.32. The van der Waals surface area contributed by atoms with E-state index in [1.807, 2.05) is 11.8 Å². The number of carbonyl (C=O) groups excluding carboxylic acids is 2. The number of rotatable bonds is 4. The molecule has 0 saturated carbocycles. The zero-order chi connectivity index (χ0) is 15.9. The minimum Gasteiger partial charge on any atom is -0.343 e. The molecular formula is C15H20FN3O2S. The van der Waals surface area contributed by atoms with Gasteiger partial charge in [-0.1, -0.05) is 6.92 Å². The SMILES string of the molecule is CCC(=O)N1CCC(NC(=O)Nc2ccc(SF)cc2)CC1. The van der Waals surface area contributed by atoms with Gasteiger partial charge >= 0.3 is 6.03 Å².